The van der Waals surface area contributed by atoms with Crippen LogP contribution in [0.1, 0.15) is 15.9 Å². The molecule has 0 aliphatic rings. The summed E-state index contributed by atoms with van der Waals surface area (Å²) >= 11 is 0. The van der Waals surface area contributed by atoms with Crippen LogP contribution in [0.3, 0.4) is 0 Å². The van der Waals surface area contributed by atoms with Crippen LogP contribution in [-0.4, -0.2) is 36.7 Å². The Balaban J connectivity index is 1.42. The molecule has 4 rings (SSSR count). The fraction of sp³-hybridized carbons (Fsp3) is 0.0800. The van der Waals surface area contributed by atoms with Crippen LogP contribution in [0.2, 0.25) is 0 Å². The van der Waals surface area contributed by atoms with Gasteiger partial charge in [-0.25, -0.2) is 5.43 Å². The molecule has 160 valence electrons. The Morgan fingerprint density at radius 1 is 0.969 bits per heavy atom. The zero-order valence-corrected chi connectivity index (χ0v) is 17.5. The normalized spacial score (nSPS) is 10.9. The van der Waals surface area contributed by atoms with Crippen molar-refractivity contribution in [3.63, 3.8) is 0 Å². The van der Waals surface area contributed by atoms with E-state index < -0.39 is 5.91 Å². The van der Waals surface area contributed by atoms with Crippen LogP contribution in [-0.2, 0) is 4.79 Å². The standard InChI is InChI=1S/C25H22N4O3/c1-32-19-13-11-18(12-14-19)25(31)26-16-23(30)29-27-15-21-20-9-5-6-10-22(20)28-24(21)17-7-3-2-4-8-17/h2-15,28H,16H2,1H3,(H,26,31)(H,29,30). The molecule has 3 aromatic carbocycles. The van der Waals surface area contributed by atoms with Gasteiger partial charge in [0.25, 0.3) is 11.8 Å². The third kappa shape index (κ3) is 4.67. The topological polar surface area (TPSA) is 95.6 Å². The fourth-order valence-electron chi connectivity index (χ4n) is 3.34. The molecule has 7 heteroatoms. The summed E-state index contributed by atoms with van der Waals surface area (Å²) in [4.78, 5) is 27.8. The van der Waals surface area contributed by atoms with Crippen LogP contribution >= 0.6 is 0 Å². The lowest BCUT2D eigenvalue weighted by Crippen LogP contribution is -2.34. The van der Waals surface area contributed by atoms with Gasteiger partial charge in [-0.15, -0.1) is 0 Å². The Labute approximate surface area is 185 Å². The molecule has 0 radical (unpaired) electrons. The number of aromatic amines is 1. The van der Waals surface area contributed by atoms with E-state index in [2.05, 4.69) is 20.8 Å². The van der Waals surface area contributed by atoms with Crippen molar-refractivity contribution >= 4 is 28.9 Å². The zero-order chi connectivity index (χ0) is 22.3. The molecule has 0 saturated carbocycles. The van der Waals surface area contributed by atoms with E-state index in [-0.39, 0.29) is 12.5 Å². The number of nitrogens with zero attached hydrogens (tertiary/aromatic N) is 1. The van der Waals surface area contributed by atoms with Gasteiger partial charge >= 0.3 is 0 Å². The molecule has 0 fully saturated rings. The first kappa shape index (κ1) is 20.9. The van der Waals surface area contributed by atoms with Gasteiger partial charge in [0.05, 0.1) is 25.6 Å². The molecular formula is C25H22N4O3. The highest BCUT2D eigenvalue weighted by molar-refractivity contribution is 6.06. The number of H-pyrrole nitrogens is 1. The molecule has 1 heterocycles. The van der Waals surface area contributed by atoms with Gasteiger partial charge in [0.15, 0.2) is 0 Å². The number of aromatic nitrogens is 1. The van der Waals surface area contributed by atoms with Crippen LogP contribution in [0.25, 0.3) is 22.2 Å². The van der Waals surface area contributed by atoms with E-state index in [1.807, 2.05) is 54.6 Å². The van der Waals surface area contributed by atoms with Crippen molar-refractivity contribution in [3.8, 4) is 17.0 Å². The number of carbonyl (C=O) groups is 2. The lowest BCUT2D eigenvalue weighted by Gasteiger charge is -2.05. The summed E-state index contributed by atoms with van der Waals surface area (Å²) in [5.74, 6) is -0.125. The minimum atomic E-state index is -0.427. The molecule has 0 bridgehead atoms. The number of hydrogen-bond donors (Lipinski definition) is 3. The minimum Gasteiger partial charge on any atom is -0.497 e. The van der Waals surface area contributed by atoms with Crippen molar-refractivity contribution in [3.05, 3.63) is 90.0 Å². The molecule has 3 N–H and O–H groups in total. The van der Waals surface area contributed by atoms with E-state index in [4.69, 9.17) is 4.74 Å². The van der Waals surface area contributed by atoms with Gasteiger partial charge in [0, 0.05) is 22.0 Å². The third-order valence-corrected chi connectivity index (χ3v) is 4.95. The third-order valence-electron chi connectivity index (χ3n) is 4.95. The number of methoxy groups -OCH3 is 1. The van der Waals surface area contributed by atoms with Crippen molar-refractivity contribution in [2.75, 3.05) is 13.7 Å². The molecule has 0 atom stereocenters. The number of hydrogen-bond acceptors (Lipinski definition) is 4. The first-order valence-electron chi connectivity index (χ1n) is 10.1. The maximum atomic E-state index is 12.2. The Kier molecular flexibility index (Phi) is 6.27. The number of amides is 2. The quantitative estimate of drug-likeness (QED) is 0.310. The SMILES string of the molecule is COc1ccc(C(=O)NCC(=O)NN=Cc2c(-c3ccccc3)[nH]c3ccccc23)cc1. The van der Waals surface area contributed by atoms with E-state index >= 15 is 0 Å². The number of para-hydroxylation sites is 1. The van der Waals surface area contributed by atoms with Crippen LogP contribution in [0.15, 0.2) is 84.0 Å². The number of nitrogens with one attached hydrogen (secondary N) is 3. The van der Waals surface area contributed by atoms with Crippen LogP contribution in [0, 0.1) is 0 Å². The van der Waals surface area contributed by atoms with Gasteiger partial charge in [0.1, 0.15) is 5.75 Å². The first-order chi connectivity index (χ1) is 15.7. The Hall–Kier alpha value is -4.39. The number of hydrazone groups is 1. The molecule has 7 nitrogen and oxygen atoms in total. The fourth-order valence-corrected chi connectivity index (χ4v) is 3.34. The van der Waals surface area contributed by atoms with E-state index in [9.17, 15) is 9.59 Å². The summed E-state index contributed by atoms with van der Waals surface area (Å²) in [6.45, 7) is -0.193. The smallest absolute Gasteiger partial charge is 0.259 e. The Morgan fingerprint density at radius 2 is 1.69 bits per heavy atom. The van der Waals surface area contributed by atoms with E-state index in [1.165, 1.54) is 0 Å². The second-order valence-corrected chi connectivity index (χ2v) is 7.03. The number of ether oxygens (including phenoxy) is 1. The van der Waals surface area contributed by atoms with Crippen LogP contribution in [0.5, 0.6) is 5.75 Å². The van der Waals surface area contributed by atoms with Crippen molar-refractivity contribution in [1.29, 1.82) is 0 Å². The highest BCUT2D eigenvalue weighted by Gasteiger charge is 2.12. The first-order valence-corrected chi connectivity index (χ1v) is 10.1. The summed E-state index contributed by atoms with van der Waals surface area (Å²) in [7, 11) is 1.55. The molecule has 0 saturated heterocycles. The molecule has 0 aliphatic carbocycles. The number of rotatable bonds is 7. The maximum Gasteiger partial charge on any atom is 0.259 e. The van der Waals surface area contributed by atoms with Gasteiger partial charge in [-0.2, -0.15) is 5.10 Å². The number of fused-ring (bicyclic) bond motifs is 1. The summed E-state index contributed by atoms with van der Waals surface area (Å²) in [5, 5.41) is 7.68. The molecule has 0 aliphatic heterocycles. The van der Waals surface area contributed by atoms with Crippen LogP contribution < -0.4 is 15.5 Å². The van der Waals surface area contributed by atoms with Gasteiger partial charge in [-0.3, -0.25) is 9.59 Å². The lowest BCUT2D eigenvalue weighted by atomic mass is 10.1. The van der Waals surface area contributed by atoms with Crippen molar-refractivity contribution < 1.29 is 14.3 Å². The van der Waals surface area contributed by atoms with E-state index in [0.29, 0.717) is 11.3 Å². The van der Waals surface area contributed by atoms with Crippen molar-refractivity contribution in [2.24, 2.45) is 5.10 Å². The average molecular weight is 426 g/mol. The molecule has 4 aromatic rings. The van der Waals surface area contributed by atoms with Gasteiger partial charge in [-0.05, 0) is 35.9 Å². The highest BCUT2D eigenvalue weighted by atomic mass is 16.5. The molecule has 0 unspecified atom stereocenters. The van der Waals surface area contributed by atoms with E-state index in [0.717, 1.165) is 27.7 Å². The number of carbonyl (C=O) groups excluding carboxylic acids is 2. The molecular weight excluding hydrogens is 404 g/mol. The second-order valence-electron chi connectivity index (χ2n) is 7.03. The number of benzene rings is 3. The highest BCUT2D eigenvalue weighted by Crippen LogP contribution is 2.28. The van der Waals surface area contributed by atoms with Crippen molar-refractivity contribution in [1.82, 2.24) is 15.7 Å². The zero-order valence-electron chi connectivity index (χ0n) is 17.5. The largest absolute Gasteiger partial charge is 0.497 e. The summed E-state index contributed by atoms with van der Waals surface area (Å²) in [5.41, 5.74) is 6.69. The molecule has 2 amide bonds. The Bertz CT molecular complexity index is 1260. The van der Waals surface area contributed by atoms with Gasteiger partial charge in [-0.1, -0.05) is 48.5 Å². The maximum absolute atomic E-state index is 12.2. The minimum absolute atomic E-state index is 0.193. The molecule has 32 heavy (non-hydrogen) atoms. The Morgan fingerprint density at radius 3 is 2.44 bits per heavy atom. The predicted molar refractivity (Wildman–Crippen MR) is 125 cm³/mol. The molecule has 0 spiro atoms. The second kappa shape index (κ2) is 9.61. The summed E-state index contributed by atoms with van der Waals surface area (Å²) in [6.07, 6.45) is 1.62. The van der Waals surface area contributed by atoms with Crippen LogP contribution in [0.4, 0.5) is 0 Å². The summed E-state index contributed by atoms with van der Waals surface area (Å²) < 4.78 is 5.07. The molecule has 1 aromatic heterocycles. The van der Waals surface area contributed by atoms with Gasteiger partial charge in [0.2, 0.25) is 0 Å². The summed E-state index contributed by atoms with van der Waals surface area (Å²) in [6, 6.07) is 24.4. The monoisotopic (exact) mass is 426 g/mol. The predicted octanol–water partition coefficient (Wildman–Crippen LogP) is 3.72. The lowest BCUT2D eigenvalue weighted by molar-refractivity contribution is -0.120. The van der Waals surface area contributed by atoms with Gasteiger partial charge < -0.3 is 15.0 Å². The van der Waals surface area contributed by atoms with E-state index in [1.54, 1.807) is 37.6 Å². The van der Waals surface area contributed by atoms with Crippen molar-refractivity contribution in [2.45, 2.75) is 0 Å². The average Bonchev–Trinajstić information content (AvgIpc) is 3.22.